The van der Waals surface area contributed by atoms with Crippen molar-refractivity contribution in [3.8, 4) is 29.1 Å². The Morgan fingerprint density at radius 3 is 2.06 bits per heavy atom. The van der Waals surface area contributed by atoms with Crippen LogP contribution in [0.2, 0.25) is 0 Å². The van der Waals surface area contributed by atoms with E-state index in [0.717, 1.165) is 18.5 Å². The molecule has 0 amide bonds. The lowest BCUT2D eigenvalue weighted by molar-refractivity contribution is -0.143. The molecule has 0 spiro atoms. The quantitative estimate of drug-likeness (QED) is 0.427. The van der Waals surface area contributed by atoms with Crippen LogP contribution < -0.4 is 18.9 Å². The van der Waals surface area contributed by atoms with Crippen LogP contribution in [0.4, 0.5) is 0 Å². The smallest absolute Gasteiger partial charge is 0.328 e. The number of nitrogens with zero attached hydrogens (tertiary/aromatic N) is 2. The van der Waals surface area contributed by atoms with E-state index in [-0.39, 0.29) is 0 Å². The van der Waals surface area contributed by atoms with Gasteiger partial charge >= 0.3 is 5.97 Å². The van der Waals surface area contributed by atoms with Crippen LogP contribution >= 0.6 is 0 Å². The van der Waals surface area contributed by atoms with Crippen molar-refractivity contribution in [3.05, 3.63) is 47.5 Å². The van der Waals surface area contributed by atoms with Crippen molar-refractivity contribution >= 4 is 5.97 Å². The summed E-state index contributed by atoms with van der Waals surface area (Å²) in [5, 5.41) is 20.4. The van der Waals surface area contributed by atoms with Gasteiger partial charge in [-0.15, -0.1) is 0 Å². The number of hydrogen-bond acceptors (Lipinski definition) is 7. The number of likely N-dealkylation sites (N-methyl/N-ethyl adjacent to an activating group) is 1. The average Bonchev–Trinajstić information content (AvgIpc) is 2.88. The van der Waals surface area contributed by atoms with Gasteiger partial charge in [-0.25, -0.2) is 0 Å². The number of carboxylic acid groups (broad SMARTS) is 1. The summed E-state index contributed by atoms with van der Waals surface area (Å²) in [4.78, 5) is 14.7. The van der Waals surface area contributed by atoms with Crippen molar-refractivity contribution in [2.24, 2.45) is 5.92 Å². The van der Waals surface area contributed by atoms with Gasteiger partial charge in [0.2, 0.25) is 0 Å². The Morgan fingerprint density at radius 2 is 1.54 bits per heavy atom. The third-order valence-corrected chi connectivity index (χ3v) is 6.55. The zero-order valence-electron chi connectivity index (χ0n) is 21.5. The largest absolute Gasteiger partial charge is 0.493 e. The summed E-state index contributed by atoms with van der Waals surface area (Å²) in [7, 11) is 8.22. The van der Waals surface area contributed by atoms with Crippen molar-refractivity contribution in [2.75, 3.05) is 48.6 Å². The van der Waals surface area contributed by atoms with E-state index in [9.17, 15) is 15.2 Å². The van der Waals surface area contributed by atoms with E-state index < -0.39 is 17.3 Å². The van der Waals surface area contributed by atoms with Crippen molar-refractivity contribution in [1.29, 1.82) is 5.26 Å². The molecule has 2 aromatic rings. The van der Waals surface area contributed by atoms with Gasteiger partial charge in [-0.05, 0) is 67.7 Å². The average molecular weight is 485 g/mol. The number of methoxy groups -OCH3 is 4. The van der Waals surface area contributed by atoms with Crippen LogP contribution in [0.5, 0.6) is 23.0 Å². The molecule has 1 N–H and O–H groups in total. The van der Waals surface area contributed by atoms with Crippen LogP contribution in [0.15, 0.2) is 36.4 Å². The summed E-state index contributed by atoms with van der Waals surface area (Å²) in [5.41, 5.74) is -0.188. The Hall–Kier alpha value is -3.44. The maximum absolute atomic E-state index is 12.5. The topological polar surface area (TPSA) is 101 Å². The number of rotatable bonds is 14. The molecule has 0 fully saturated rings. The molecule has 0 aliphatic carbocycles. The molecule has 2 aromatic carbocycles. The Bertz CT molecular complexity index is 1030. The number of carboxylic acids is 1. The molecule has 0 heterocycles. The molecule has 8 nitrogen and oxygen atoms in total. The standard InChI is InChI=1S/C27H36N2O6/c1-7-20(13-15-29(2)14-12-19-8-10-22(32-3)24(16-19)34-5)27(18-28,26(30)31)21-9-11-23(33-4)25(17-21)35-6/h8-11,16-17,20H,7,12-15H2,1-6H3,(H,30,31). The fourth-order valence-corrected chi connectivity index (χ4v) is 4.39. The molecule has 0 aromatic heterocycles. The minimum Gasteiger partial charge on any atom is -0.493 e. The third kappa shape index (κ3) is 6.17. The zero-order valence-corrected chi connectivity index (χ0v) is 21.5. The number of hydrogen-bond donors (Lipinski definition) is 1. The molecule has 0 saturated carbocycles. The summed E-state index contributed by atoms with van der Waals surface area (Å²) in [5.74, 6) is 0.698. The molecule has 0 radical (unpaired) electrons. The zero-order chi connectivity index (χ0) is 26.0. The highest BCUT2D eigenvalue weighted by atomic mass is 16.5. The lowest BCUT2D eigenvalue weighted by atomic mass is 9.68. The Labute approximate surface area is 208 Å². The number of ether oxygens (including phenoxy) is 4. The van der Waals surface area contributed by atoms with Gasteiger partial charge in [0.15, 0.2) is 28.4 Å². The summed E-state index contributed by atoms with van der Waals surface area (Å²) < 4.78 is 21.3. The van der Waals surface area contributed by atoms with Gasteiger partial charge in [0, 0.05) is 6.54 Å². The van der Waals surface area contributed by atoms with E-state index in [1.54, 1.807) is 32.4 Å². The first-order valence-corrected chi connectivity index (χ1v) is 11.6. The Morgan fingerprint density at radius 1 is 0.971 bits per heavy atom. The first kappa shape index (κ1) is 27.8. The maximum atomic E-state index is 12.5. The molecule has 8 heteroatoms. The molecule has 2 rings (SSSR count). The fourth-order valence-electron chi connectivity index (χ4n) is 4.39. The van der Waals surface area contributed by atoms with Crippen LogP contribution in [0.1, 0.15) is 30.9 Å². The summed E-state index contributed by atoms with van der Waals surface area (Å²) in [6.07, 6.45) is 1.89. The summed E-state index contributed by atoms with van der Waals surface area (Å²) in [6.45, 7) is 3.34. The van der Waals surface area contributed by atoms with Crippen molar-refractivity contribution in [2.45, 2.75) is 31.6 Å². The van der Waals surface area contributed by atoms with Gasteiger partial charge in [-0.3, -0.25) is 4.79 Å². The molecule has 2 atom stereocenters. The van der Waals surface area contributed by atoms with Gasteiger partial charge in [-0.1, -0.05) is 25.5 Å². The van der Waals surface area contributed by atoms with E-state index in [0.29, 0.717) is 47.9 Å². The number of nitriles is 1. The van der Waals surface area contributed by atoms with E-state index in [1.807, 2.05) is 32.2 Å². The molecule has 0 bridgehead atoms. The van der Waals surface area contributed by atoms with Crippen LogP contribution in [0.25, 0.3) is 0 Å². The molecule has 35 heavy (non-hydrogen) atoms. The maximum Gasteiger partial charge on any atom is 0.328 e. The highest BCUT2D eigenvalue weighted by Gasteiger charge is 2.47. The molecule has 0 aliphatic rings. The first-order chi connectivity index (χ1) is 16.8. The molecule has 0 saturated heterocycles. The van der Waals surface area contributed by atoms with Crippen molar-refractivity contribution < 1.29 is 28.8 Å². The highest BCUT2D eigenvalue weighted by molar-refractivity contribution is 5.86. The van der Waals surface area contributed by atoms with Crippen LogP contribution in [-0.2, 0) is 16.6 Å². The second kappa shape index (κ2) is 12.9. The van der Waals surface area contributed by atoms with E-state index in [2.05, 4.69) is 11.0 Å². The lowest BCUT2D eigenvalue weighted by Crippen LogP contribution is -2.43. The minimum absolute atomic E-state index is 0.394. The molecule has 190 valence electrons. The predicted molar refractivity (Wildman–Crippen MR) is 134 cm³/mol. The van der Waals surface area contributed by atoms with E-state index in [1.165, 1.54) is 14.2 Å². The number of carbonyl (C=O) groups is 1. The lowest BCUT2D eigenvalue weighted by Gasteiger charge is -2.32. The van der Waals surface area contributed by atoms with Gasteiger partial charge in [0.1, 0.15) is 0 Å². The van der Waals surface area contributed by atoms with Crippen molar-refractivity contribution in [3.63, 3.8) is 0 Å². The van der Waals surface area contributed by atoms with Crippen LogP contribution in [-0.4, -0.2) is 64.6 Å². The molecule has 0 aliphatic heterocycles. The normalized spacial score (nSPS) is 13.4. The molecule has 2 unspecified atom stereocenters. The second-order valence-corrected chi connectivity index (χ2v) is 8.43. The van der Waals surface area contributed by atoms with Gasteiger partial charge in [0.05, 0.1) is 34.5 Å². The summed E-state index contributed by atoms with van der Waals surface area (Å²) >= 11 is 0. The Balaban J connectivity index is 2.17. The second-order valence-electron chi connectivity index (χ2n) is 8.43. The minimum atomic E-state index is -1.70. The SMILES string of the molecule is CCC(CCN(C)CCc1ccc(OC)c(OC)c1)C(C#N)(C(=O)O)c1ccc(OC)c(OC)c1. The molecular formula is C27H36N2O6. The highest BCUT2D eigenvalue weighted by Crippen LogP contribution is 2.40. The van der Waals surface area contributed by atoms with Crippen molar-refractivity contribution in [1.82, 2.24) is 4.90 Å². The number of benzene rings is 2. The van der Waals surface area contributed by atoms with Gasteiger partial charge < -0.3 is 29.0 Å². The molecular weight excluding hydrogens is 448 g/mol. The van der Waals surface area contributed by atoms with Crippen LogP contribution in [0.3, 0.4) is 0 Å². The first-order valence-electron chi connectivity index (χ1n) is 11.6. The monoisotopic (exact) mass is 484 g/mol. The number of aliphatic carboxylic acids is 1. The van der Waals surface area contributed by atoms with Gasteiger partial charge in [-0.2, -0.15) is 5.26 Å². The van der Waals surface area contributed by atoms with E-state index in [4.69, 9.17) is 18.9 Å². The third-order valence-electron chi connectivity index (χ3n) is 6.55. The summed E-state index contributed by atoms with van der Waals surface area (Å²) in [6, 6.07) is 12.9. The predicted octanol–water partition coefficient (Wildman–Crippen LogP) is 4.16. The van der Waals surface area contributed by atoms with Gasteiger partial charge in [0.25, 0.3) is 0 Å². The van der Waals surface area contributed by atoms with Crippen LogP contribution in [0, 0.1) is 17.2 Å². The Kier molecular flexibility index (Phi) is 10.2. The fraction of sp³-hybridized carbons (Fsp3) is 0.481. The van der Waals surface area contributed by atoms with E-state index >= 15 is 0 Å².